The number of H-pyrrole nitrogens is 1. The molecule has 0 saturated heterocycles. The first-order valence-corrected chi connectivity index (χ1v) is 13.2. The first-order chi connectivity index (χ1) is 18.8. The molecule has 1 amide bonds. The van der Waals surface area contributed by atoms with E-state index in [1.54, 1.807) is 31.3 Å². The molecule has 5 heterocycles. The quantitative estimate of drug-likeness (QED) is 0.299. The molecule has 12 heteroatoms. The van der Waals surface area contributed by atoms with Crippen molar-refractivity contribution in [1.82, 2.24) is 29.9 Å². The average molecular weight is 545 g/mol. The van der Waals surface area contributed by atoms with Gasteiger partial charge in [-0.3, -0.25) is 24.2 Å². The molecule has 0 spiro atoms. The Bertz CT molecular complexity index is 1810. The van der Waals surface area contributed by atoms with E-state index in [0.717, 1.165) is 41.1 Å². The number of hydrogen-bond acceptors (Lipinski definition) is 8. The van der Waals surface area contributed by atoms with Crippen molar-refractivity contribution >= 4 is 44.7 Å². The normalized spacial score (nSPS) is 13.4. The predicted molar refractivity (Wildman–Crippen MR) is 149 cm³/mol. The summed E-state index contributed by atoms with van der Waals surface area (Å²) >= 11 is 1.31. The summed E-state index contributed by atoms with van der Waals surface area (Å²) in [4.78, 5) is 32.6. The van der Waals surface area contributed by atoms with Crippen molar-refractivity contribution in [1.29, 1.82) is 0 Å². The Kier molecular flexibility index (Phi) is 6.20. The van der Waals surface area contributed by atoms with Crippen molar-refractivity contribution in [2.75, 3.05) is 24.2 Å². The lowest BCUT2D eigenvalue weighted by atomic mass is 10.0. The van der Waals surface area contributed by atoms with Crippen LogP contribution in [0.15, 0.2) is 47.4 Å². The first kappa shape index (κ1) is 24.9. The maximum Gasteiger partial charge on any atom is 0.287 e. The number of fused-ring (bicyclic) bond motifs is 2. The summed E-state index contributed by atoms with van der Waals surface area (Å²) in [6, 6.07) is 9.93. The van der Waals surface area contributed by atoms with E-state index in [-0.39, 0.29) is 11.4 Å². The molecule has 4 aromatic heterocycles. The number of rotatable bonds is 5. The van der Waals surface area contributed by atoms with Crippen LogP contribution in [-0.2, 0) is 13.1 Å². The van der Waals surface area contributed by atoms with Crippen LogP contribution in [0.4, 0.5) is 21.6 Å². The Hall–Kier alpha value is -4.42. The van der Waals surface area contributed by atoms with Gasteiger partial charge in [-0.15, -0.1) is 11.3 Å². The van der Waals surface area contributed by atoms with Crippen LogP contribution in [0.1, 0.15) is 26.5 Å². The average Bonchev–Trinajstić information content (AvgIpc) is 3.52. The summed E-state index contributed by atoms with van der Waals surface area (Å²) in [7, 11) is 2.05. The zero-order chi connectivity index (χ0) is 27.3. The molecule has 0 aliphatic carbocycles. The Morgan fingerprint density at radius 3 is 2.82 bits per heavy atom. The van der Waals surface area contributed by atoms with Crippen LogP contribution in [-0.4, -0.2) is 49.4 Å². The highest BCUT2D eigenvalue weighted by Gasteiger charge is 2.20. The van der Waals surface area contributed by atoms with Gasteiger partial charge in [0.05, 0.1) is 38.7 Å². The van der Waals surface area contributed by atoms with E-state index in [4.69, 9.17) is 0 Å². The molecule has 0 bridgehead atoms. The van der Waals surface area contributed by atoms with E-state index in [1.807, 2.05) is 30.8 Å². The topological polar surface area (TPSA) is 121 Å². The van der Waals surface area contributed by atoms with Crippen molar-refractivity contribution < 1.29 is 9.18 Å². The highest BCUT2D eigenvalue weighted by Crippen LogP contribution is 2.32. The third-order valence-electron chi connectivity index (χ3n) is 6.82. The van der Waals surface area contributed by atoms with Gasteiger partial charge in [0.1, 0.15) is 11.5 Å². The van der Waals surface area contributed by atoms with Gasteiger partial charge in [0, 0.05) is 30.9 Å². The number of aromatic nitrogens is 5. The molecule has 5 aromatic rings. The molecule has 1 aromatic carbocycles. The van der Waals surface area contributed by atoms with Crippen LogP contribution in [0.5, 0.6) is 0 Å². The van der Waals surface area contributed by atoms with Crippen LogP contribution in [0.2, 0.25) is 0 Å². The highest BCUT2D eigenvalue weighted by molar-refractivity contribution is 7.21. The third-order valence-corrected chi connectivity index (χ3v) is 8.07. The maximum absolute atomic E-state index is 14.9. The first-order valence-electron chi connectivity index (χ1n) is 12.3. The van der Waals surface area contributed by atoms with E-state index in [2.05, 4.69) is 35.8 Å². The number of benzene rings is 1. The van der Waals surface area contributed by atoms with Gasteiger partial charge in [0.2, 0.25) is 0 Å². The van der Waals surface area contributed by atoms with E-state index in [9.17, 15) is 14.0 Å². The van der Waals surface area contributed by atoms with Crippen LogP contribution in [0.3, 0.4) is 0 Å². The fourth-order valence-corrected chi connectivity index (χ4v) is 5.67. The van der Waals surface area contributed by atoms with E-state index in [1.165, 1.54) is 17.4 Å². The molecular formula is C27H25FN8O2S. The summed E-state index contributed by atoms with van der Waals surface area (Å²) in [5.41, 5.74) is 4.13. The number of likely N-dealkylation sites (N-methyl/N-ethyl adjacent to an activating group) is 1. The molecule has 1 aliphatic rings. The van der Waals surface area contributed by atoms with Crippen molar-refractivity contribution in [2.45, 2.75) is 26.9 Å². The summed E-state index contributed by atoms with van der Waals surface area (Å²) in [5, 5.41) is 17.1. The predicted octanol–water partition coefficient (Wildman–Crippen LogP) is 4.44. The summed E-state index contributed by atoms with van der Waals surface area (Å²) in [6.45, 7) is 6.09. The summed E-state index contributed by atoms with van der Waals surface area (Å²) in [6.07, 6.45) is 1.69. The third kappa shape index (κ3) is 4.68. The fourth-order valence-electron chi connectivity index (χ4n) is 4.69. The van der Waals surface area contributed by atoms with Gasteiger partial charge in [-0.1, -0.05) is 0 Å². The van der Waals surface area contributed by atoms with Crippen molar-refractivity contribution in [3.63, 3.8) is 0 Å². The largest absolute Gasteiger partial charge is 0.334 e. The molecule has 0 saturated carbocycles. The molecule has 0 atom stereocenters. The number of carbonyl (C=O) groups is 1. The molecule has 10 nitrogen and oxygen atoms in total. The molecule has 3 N–H and O–H groups in total. The number of anilines is 3. The van der Waals surface area contributed by atoms with Crippen molar-refractivity contribution in [3.05, 3.63) is 80.5 Å². The second-order valence-corrected chi connectivity index (χ2v) is 10.7. The molecule has 0 fully saturated rings. The summed E-state index contributed by atoms with van der Waals surface area (Å²) in [5.74, 6) is -0.445. The monoisotopic (exact) mass is 544 g/mol. The van der Waals surface area contributed by atoms with Gasteiger partial charge in [-0.05, 0) is 62.4 Å². The number of aromatic amines is 1. The van der Waals surface area contributed by atoms with Gasteiger partial charge in [0.25, 0.3) is 11.5 Å². The molecule has 1 aliphatic heterocycles. The standard InChI is InChI=1S/C27H25FN8O2S/c1-14-6-7-29-20-12-22(39-25(14)20)27(38)31-24-15(2)17(4-5-18(24)28)19-11-21(26(37)33-32-19)30-23-10-16-13-35(3)8-9-36(16)34-23/h4-7,10-12H,8-9,13H2,1-3H3,(H,31,38)(H,33,37)(H,30,32,34). The number of carbonyl (C=O) groups excluding carboxylic acids is 1. The number of halogens is 1. The zero-order valence-electron chi connectivity index (χ0n) is 21.5. The van der Waals surface area contributed by atoms with E-state index < -0.39 is 17.3 Å². The van der Waals surface area contributed by atoms with Gasteiger partial charge in [0.15, 0.2) is 5.82 Å². The highest BCUT2D eigenvalue weighted by atomic mass is 32.1. The van der Waals surface area contributed by atoms with Crippen LogP contribution in [0, 0.1) is 19.7 Å². The Morgan fingerprint density at radius 1 is 1.15 bits per heavy atom. The number of aryl methyl sites for hydroxylation is 1. The maximum atomic E-state index is 14.9. The Labute approximate surface area is 226 Å². The van der Waals surface area contributed by atoms with Crippen molar-refractivity contribution in [2.24, 2.45) is 0 Å². The van der Waals surface area contributed by atoms with E-state index in [0.29, 0.717) is 27.5 Å². The number of nitrogens with one attached hydrogen (secondary N) is 3. The number of amides is 1. The minimum atomic E-state index is -0.573. The van der Waals surface area contributed by atoms with Crippen molar-refractivity contribution in [3.8, 4) is 11.3 Å². The van der Waals surface area contributed by atoms with Gasteiger partial charge >= 0.3 is 0 Å². The second-order valence-electron chi connectivity index (χ2n) is 9.60. The lowest BCUT2D eigenvalue weighted by molar-refractivity contribution is 0.103. The fraction of sp³-hybridized carbons (Fsp3) is 0.222. The molecule has 0 radical (unpaired) electrons. The number of hydrogen-bond donors (Lipinski definition) is 3. The molecule has 6 rings (SSSR count). The molecular weight excluding hydrogens is 519 g/mol. The number of pyridine rings is 1. The van der Waals surface area contributed by atoms with Crippen LogP contribution < -0.4 is 16.2 Å². The van der Waals surface area contributed by atoms with Gasteiger partial charge in [-0.2, -0.15) is 10.2 Å². The smallest absolute Gasteiger partial charge is 0.287 e. The SMILES string of the molecule is Cc1c(-c2cc(Nc3cc4n(n3)CCN(C)C4)c(=O)[nH]n2)ccc(F)c1NC(=O)c1cc2nccc(C)c2s1. The summed E-state index contributed by atoms with van der Waals surface area (Å²) < 4.78 is 17.8. The van der Waals surface area contributed by atoms with Crippen LogP contribution >= 0.6 is 11.3 Å². The minimum absolute atomic E-state index is 0.0491. The molecule has 198 valence electrons. The Morgan fingerprint density at radius 2 is 2.00 bits per heavy atom. The van der Waals surface area contributed by atoms with Crippen LogP contribution in [0.25, 0.3) is 21.5 Å². The lowest BCUT2D eigenvalue weighted by Crippen LogP contribution is -2.30. The zero-order valence-corrected chi connectivity index (χ0v) is 22.3. The van der Waals surface area contributed by atoms with E-state index >= 15 is 0 Å². The Balaban J connectivity index is 1.29. The second kappa shape index (κ2) is 9.71. The molecule has 39 heavy (non-hydrogen) atoms. The minimum Gasteiger partial charge on any atom is -0.334 e. The number of thiophene rings is 1. The van der Waals surface area contributed by atoms with Gasteiger partial charge < -0.3 is 10.6 Å². The number of nitrogens with zero attached hydrogens (tertiary/aromatic N) is 5. The van der Waals surface area contributed by atoms with Gasteiger partial charge in [-0.25, -0.2) is 9.49 Å². The lowest BCUT2D eigenvalue weighted by Gasteiger charge is -2.22. The molecule has 0 unspecified atom stereocenters.